The first kappa shape index (κ1) is 13.0. The fraction of sp³-hybridized carbons (Fsp3) is 0.154. The van der Waals surface area contributed by atoms with Crippen molar-refractivity contribution in [3.63, 3.8) is 0 Å². The highest BCUT2D eigenvalue weighted by atomic mass is 35.5. The van der Waals surface area contributed by atoms with Gasteiger partial charge < -0.3 is 9.72 Å². The van der Waals surface area contributed by atoms with Gasteiger partial charge in [-0.1, -0.05) is 23.2 Å². The molecule has 0 bridgehead atoms. The summed E-state index contributed by atoms with van der Waals surface area (Å²) in [6.45, 7) is 2.12. The number of fused-ring (bicyclic) bond motifs is 1. The van der Waals surface area contributed by atoms with E-state index in [2.05, 4.69) is 4.98 Å². The Morgan fingerprint density at radius 2 is 2.06 bits per heavy atom. The molecule has 0 amide bonds. The van der Waals surface area contributed by atoms with E-state index in [0.29, 0.717) is 16.7 Å². The van der Waals surface area contributed by atoms with Crippen LogP contribution in [0.4, 0.5) is 0 Å². The lowest BCUT2D eigenvalue weighted by Gasteiger charge is -1.94. The van der Waals surface area contributed by atoms with Crippen LogP contribution in [-0.4, -0.2) is 17.6 Å². The van der Waals surface area contributed by atoms with E-state index in [-0.39, 0.29) is 5.97 Å². The lowest BCUT2D eigenvalue weighted by atomic mass is 10.2. The number of nitrogens with one attached hydrogen (secondary N) is 1. The summed E-state index contributed by atoms with van der Waals surface area (Å²) in [5.41, 5.74) is 1.66. The highest BCUT2D eigenvalue weighted by Gasteiger charge is 2.04. The maximum absolute atomic E-state index is 11.2. The van der Waals surface area contributed by atoms with Crippen molar-refractivity contribution in [1.29, 1.82) is 0 Å². The van der Waals surface area contributed by atoms with E-state index >= 15 is 0 Å². The van der Waals surface area contributed by atoms with Crippen LogP contribution < -0.4 is 0 Å². The number of H-pyrrole nitrogens is 1. The Hall–Kier alpha value is -1.45. The second kappa shape index (κ2) is 5.46. The van der Waals surface area contributed by atoms with Gasteiger partial charge in [-0.3, -0.25) is 0 Å². The van der Waals surface area contributed by atoms with Gasteiger partial charge in [0, 0.05) is 22.7 Å². The van der Waals surface area contributed by atoms with Gasteiger partial charge in [0.25, 0.3) is 0 Å². The molecule has 1 heterocycles. The number of benzene rings is 1. The number of hydrogen-bond donors (Lipinski definition) is 1. The number of carbonyl (C=O) groups is 1. The van der Waals surface area contributed by atoms with Crippen molar-refractivity contribution >= 4 is 46.2 Å². The molecule has 0 aliphatic rings. The van der Waals surface area contributed by atoms with Gasteiger partial charge in [0.15, 0.2) is 0 Å². The highest BCUT2D eigenvalue weighted by Crippen LogP contribution is 2.28. The fourth-order valence-corrected chi connectivity index (χ4v) is 1.92. The average molecular weight is 284 g/mol. The zero-order chi connectivity index (χ0) is 13.1. The van der Waals surface area contributed by atoms with Crippen LogP contribution in [0.3, 0.4) is 0 Å². The normalized spacial score (nSPS) is 11.3. The first-order chi connectivity index (χ1) is 8.60. The number of halogens is 2. The SMILES string of the molecule is CCOC(=O)/C=C/c1cc2cc(Cl)c(Cl)cc2[nH]1. The number of aromatic nitrogens is 1. The molecule has 2 aromatic rings. The molecular formula is C13H11Cl2NO2. The standard InChI is InChI=1S/C13H11Cl2NO2/c1-2-18-13(17)4-3-9-5-8-6-10(14)11(15)7-12(8)16-9/h3-7,16H,2H2,1H3/b4-3+. The zero-order valence-electron chi connectivity index (χ0n) is 9.67. The molecule has 0 atom stereocenters. The fourth-order valence-electron chi connectivity index (χ4n) is 1.59. The van der Waals surface area contributed by atoms with Crippen LogP contribution in [0.2, 0.25) is 10.0 Å². The van der Waals surface area contributed by atoms with Gasteiger partial charge >= 0.3 is 5.97 Å². The zero-order valence-corrected chi connectivity index (χ0v) is 11.2. The highest BCUT2D eigenvalue weighted by molar-refractivity contribution is 6.42. The number of aromatic amines is 1. The third-order valence-electron chi connectivity index (χ3n) is 2.37. The van der Waals surface area contributed by atoms with Gasteiger partial charge in [0.1, 0.15) is 0 Å². The summed E-state index contributed by atoms with van der Waals surface area (Å²) in [4.78, 5) is 14.3. The Kier molecular flexibility index (Phi) is 3.94. The minimum Gasteiger partial charge on any atom is -0.463 e. The Labute approximate surface area is 114 Å². The Bertz CT molecular complexity index is 578. The predicted molar refractivity (Wildman–Crippen MR) is 74.0 cm³/mol. The minimum atomic E-state index is -0.368. The Balaban J connectivity index is 2.28. The summed E-state index contributed by atoms with van der Waals surface area (Å²) < 4.78 is 4.79. The first-order valence-corrected chi connectivity index (χ1v) is 6.18. The molecular weight excluding hydrogens is 273 g/mol. The molecule has 0 aliphatic heterocycles. The van der Waals surface area contributed by atoms with Gasteiger partial charge in [0.05, 0.1) is 16.7 Å². The van der Waals surface area contributed by atoms with Gasteiger partial charge in [-0.25, -0.2) is 4.79 Å². The van der Waals surface area contributed by atoms with Crippen LogP contribution in [0, 0.1) is 0 Å². The van der Waals surface area contributed by atoms with Crippen LogP contribution in [0.25, 0.3) is 17.0 Å². The summed E-state index contributed by atoms with van der Waals surface area (Å²) >= 11 is 11.8. The van der Waals surface area contributed by atoms with Crippen molar-refractivity contribution in [2.24, 2.45) is 0 Å². The van der Waals surface area contributed by atoms with Gasteiger partial charge in [-0.05, 0) is 31.2 Å². The number of hydrogen-bond acceptors (Lipinski definition) is 2. The van der Waals surface area contributed by atoms with E-state index in [9.17, 15) is 4.79 Å². The van der Waals surface area contributed by atoms with Crippen LogP contribution in [0.1, 0.15) is 12.6 Å². The molecule has 0 saturated carbocycles. The molecule has 0 radical (unpaired) electrons. The van der Waals surface area contributed by atoms with E-state index < -0.39 is 0 Å². The molecule has 0 spiro atoms. The van der Waals surface area contributed by atoms with Crippen LogP contribution in [-0.2, 0) is 9.53 Å². The average Bonchev–Trinajstić information content (AvgIpc) is 2.69. The third kappa shape index (κ3) is 2.86. The molecule has 1 N–H and O–H groups in total. The molecule has 0 unspecified atom stereocenters. The molecule has 18 heavy (non-hydrogen) atoms. The van der Waals surface area contributed by atoms with Crippen LogP contribution in [0.5, 0.6) is 0 Å². The maximum atomic E-state index is 11.2. The van der Waals surface area contributed by atoms with E-state index in [0.717, 1.165) is 16.6 Å². The number of esters is 1. The van der Waals surface area contributed by atoms with Crippen molar-refractivity contribution in [3.05, 3.63) is 40.0 Å². The summed E-state index contributed by atoms with van der Waals surface area (Å²) in [7, 11) is 0. The minimum absolute atomic E-state index is 0.362. The molecule has 0 aliphatic carbocycles. The second-order valence-electron chi connectivity index (χ2n) is 3.66. The van der Waals surface area contributed by atoms with E-state index in [1.165, 1.54) is 6.08 Å². The molecule has 1 aromatic heterocycles. The molecule has 0 saturated heterocycles. The lowest BCUT2D eigenvalue weighted by Crippen LogP contribution is -1.98. The number of ether oxygens (including phenoxy) is 1. The topological polar surface area (TPSA) is 42.1 Å². The van der Waals surface area contributed by atoms with E-state index in [1.54, 1.807) is 25.1 Å². The maximum Gasteiger partial charge on any atom is 0.330 e. The summed E-state index contributed by atoms with van der Waals surface area (Å²) in [5.74, 6) is -0.368. The van der Waals surface area contributed by atoms with Crippen molar-refractivity contribution in [3.8, 4) is 0 Å². The van der Waals surface area contributed by atoms with Gasteiger partial charge in [0.2, 0.25) is 0 Å². The Morgan fingerprint density at radius 3 is 2.78 bits per heavy atom. The third-order valence-corrected chi connectivity index (χ3v) is 3.09. The van der Waals surface area contributed by atoms with Crippen molar-refractivity contribution < 1.29 is 9.53 Å². The molecule has 0 fully saturated rings. The molecule has 1 aromatic carbocycles. The number of carbonyl (C=O) groups excluding carboxylic acids is 1. The molecule has 3 nitrogen and oxygen atoms in total. The molecule has 2 rings (SSSR count). The largest absolute Gasteiger partial charge is 0.463 e. The van der Waals surface area contributed by atoms with Gasteiger partial charge in [-0.2, -0.15) is 0 Å². The second-order valence-corrected chi connectivity index (χ2v) is 4.48. The first-order valence-electron chi connectivity index (χ1n) is 5.42. The molecule has 94 valence electrons. The van der Waals surface area contributed by atoms with Crippen LogP contribution in [0.15, 0.2) is 24.3 Å². The summed E-state index contributed by atoms with van der Waals surface area (Å²) in [6.07, 6.45) is 3.03. The Morgan fingerprint density at radius 1 is 1.33 bits per heavy atom. The lowest BCUT2D eigenvalue weighted by molar-refractivity contribution is -0.137. The van der Waals surface area contributed by atoms with Gasteiger partial charge in [-0.15, -0.1) is 0 Å². The van der Waals surface area contributed by atoms with Crippen molar-refractivity contribution in [1.82, 2.24) is 4.98 Å². The summed E-state index contributed by atoms with van der Waals surface area (Å²) in [6, 6.07) is 5.41. The predicted octanol–water partition coefficient (Wildman–Crippen LogP) is 4.05. The molecule has 5 heteroatoms. The monoisotopic (exact) mass is 283 g/mol. The quantitative estimate of drug-likeness (QED) is 0.682. The number of rotatable bonds is 3. The smallest absolute Gasteiger partial charge is 0.330 e. The van der Waals surface area contributed by atoms with Crippen molar-refractivity contribution in [2.45, 2.75) is 6.92 Å². The van der Waals surface area contributed by atoms with Crippen LogP contribution >= 0.6 is 23.2 Å². The van der Waals surface area contributed by atoms with E-state index in [1.807, 2.05) is 6.07 Å². The summed E-state index contributed by atoms with van der Waals surface area (Å²) in [5, 5.41) is 1.93. The van der Waals surface area contributed by atoms with Crippen molar-refractivity contribution in [2.75, 3.05) is 6.61 Å². The van der Waals surface area contributed by atoms with E-state index in [4.69, 9.17) is 27.9 Å².